The lowest BCUT2D eigenvalue weighted by Gasteiger charge is -2.20. The van der Waals surface area contributed by atoms with Gasteiger partial charge in [0.05, 0.1) is 0 Å². The first-order chi connectivity index (χ1) is 7.00. The molecule has 0 bridgehead atoms. The standard InChI is InChI=1S/C12H21N3/c1-10(13-15(4)5)11-6-8-12(9-7-11)14(2)3/h6-10,13H,1-5H3. The maximum atomic E-state index is 3.33. The molecule has 0 radical (unpaired) electrons. The number of hydrogen-bond donors (Lipinski definition) is 1. The van der Waals surface area contributed by atoms with Crippen molar-refractivity contribution < 1.29 is 0 Å². The van der Waals surface area contributed by atoms with Crippen LogP contribution in [0, 0.1) is 0 Å². The molecule has 0 fully saturated rings. The van der Waals surface area contributed by atoms with E-state index in [1.54, 1.807) is 0 Å². The smallest absolute Gasteiger partial charge is 0.0436 e. The van der Waals surface area contributed by atoms with Crippen molar-refractivity contribution in [2.75, 3.05) is 33.1 Å². The van der Waals surface area contributed by atoms with E-state index in [0.717, 1.165) is 0 Å². The lowest BCUT2D eigenvalue weighted by Crippen LogP contribution is -2.32. The Morgan fingerprint density at radius 3 is 1.93 bits per heavy atom. The fourth-order valence-electron chi connectivity index (χ4n) is 1.52. The number of nitrogens with one attached hydrogen (secondary N) is 1. The molecule has 0 saturated carbocycles. The lowest BCUT2D eigenvalue weighted by molar-refractivity contribution is 0.252. The summed E-state index contributed by atoms with van der Waals surface area (Å²) in [7, 11) is 8.11. The van der Waals surface area contributed by atoms with Gasteiger partial charge in [-0.25, -0.2) is 5.43 Å². The Hall–Kier alpha value is -1.06. The third-order valence-electron chi connectivity index (χ3n) is 2.36. The van der Waals surface area contributed by atoms with Crippen LogP contribution in [0.3, 0.4) is 0 Å². The minimum atomic E-state index is 0.344. The van der Waals surface area contributed by atoms with Crippen LogP contribution in [0.5, 0.6) is 0 Å². The molecule has 84 valence electrons. The van der Waals surface area contributed by atoms with Gasteiger partial charge in [0.15, 0.2) is 0 Å². The van der Waals surface area contributed by atoms with Gasteiger partial charge in [-0.15, -0.1) is 0 Å². The number of hydrogen-bond acceptors (Lipinski definition) is 3. The first-order valence-corrected chi connectivity index (χ1v) is 5.21. The zero-order valence-corrected chi connectivity index (χ0v) is 10.3. The second-order valence-electron chi connectivity index (χ2n) is 4.23. The predicted octanol–water partition coefficient (Wildman–Crippen LogP) is 1.88. The number of nitrogens with zero attached hydrogens (tertiary/aromatic N) is 2. The molecule has 1 aromatic carbocycles. The zero-order valence-electron chi connectivity index (χ0n) is 10.3. The summed E-state index contributed by atoms with van der Waals surface area (Å²) in [4.78, 5) is 2.10. The highest BCUT2D eigenvalue weighted by molar-refractivity contribution is 5.46. The summed E-state index contributed by atoms with van der Waals surface area (Å²) in [5, 5.41) is 1.98. The van der Waals surface area contributed by atoms with E-state index in [2.05, 4.69) is 55.6 Å². The molecular formula is C12H21N3. The van der Waals surface area contributed by atoms with Crippen LogP contribution in [0.2, 0.25) is 0 Å². The van der Waals surface area contributed by atoms with E-state index in [0.29, 0.717) is 6.04 Å². The van der Waals surface area contributed by atoms with E-state index in [4.69, 9.17) is 0 Å². The average molecular weight is 207 g/mol. The molecule has 1 unspecified atom stereocenters. The molecule has 0 amide bonds. The Balaban J connectivity index is 2.71. The number of benzene rings is 1. The summed E-state index contributed by atoms with van der Waals surface area (Å²) in [6.07, 6.45) is 0. The fourth-order valence-corrected chi connectivity index (χ4v) is 1.52. The van der Waals surface area contributed by atoms with E-state index in [9.17, 15) is 0 Å². The van der Waals surface area contributed by atoms with Crippen molar-refractivity contribution >= 4 is 5.69 Å². The van der Waals surface area contributed by atoms with Gasteiger partial charge in [0, 0.05) is 39.9 Å². The van der Waals surface area contributed by atoms with Gasteiger partial charge in [-0.2, -0.15) is 0 Å². The maximum absolute atomic E-state index is 3.33. The third-order valence-corrected chi connectivity index (χ3v) is 2.36. The predicted molar refractivity (Wildman–Crippen MR) is 66.0 cm³/mol. The summed E-state index contributed by atoms with van der Waals surface area (Å²) >= 11 is 0. The van der Waals surface area contributed by atoms with Crippen molar-refractivity contribution in [1.29, 1.82) is 0 Å². The van der Waals surface area contributed by atoms with Crippen molar-refractivity contribution in [2.45, 2.75) is 13.0 Å². The molecule has 1 atom stereocenters. The highest BCUT2D eigenvalue weighted by atomic mass is 15.5. The molecule has 0 saturated heterocycles. The lowest BCUT2D eigenvalue weighted by atomic mass is 10.1. The summed E-state index contributed by atoms with van der Waals surface area (Å²) in [5.41, 5.74) is 5.86. The Morgan fingerprint density at radius 2 is 1.53 bits per heavy atom. The minimum Gasteiger partial charge on any atom is -0.378 e. The molecule has 0 spiro atoms. The second-order valence-corrected chi connectivity index (χ2v) is 4.23. The summed E-state index contributed by atoms with van der Waals surface area (Å²) in [6.45, 7) is 2.16. The highest BCUT2D eigenvalue weighted by Crippen LogP contribution is 2.17. The van der Waals surface area contributed by atoms with Gasteiger partial charge in [0.25, 0.3) is 0 Å². The second kappa shape index (κ2) is 5.14. The molecule has 3 heteroatoms. The molecule has 3 nitrogen and oxygen atoms in total. The molecule has 15 heavy (non-hydrogen) atoms. The van der Waals surface area contributed by atoms with Crippen LogP contribution in [0.25, 0.3) is 0 Å². The van der Waals surface area contributed by atoms with Gasteiger partial charge in [0.2, 0.25) is 0 Å². The quantitative estimate of drug-likeness (QED) is 0.761. The van der Waals surface area contributed by atoms with Crippen LogP contribution in [0.1, 0.15) is 18.5 Å². The van der Waals surface area contributed by atoms with Gasteiger partial charge < -0.3 is 4.90 Å². The number of hydrazine groups is 1. The first kappa shape index (κ1) is 12.0. The van der Waals surface area contributed by atoms with E-state index in [1.165, 1.54) is 11.3 Å². The van der Waals surface area contributed by atoms with Gasteiger partial charge in [-0.05, 0) is 24.6 Å². The molecule has 0 aliphatic carbocycles. The van der Waals surface area contributed by atoms with E-state index < -0.39 is 0 Å². The molecule has 0 heterocycles. The van der Waals surface area contributed by atoms with Crippen LogP contribution in [-0.4, -0.2) is 33.2 Å². The van der Waals surface area contributed by atoms with Crippen molar-refractivity contribution in [3.05, 3.63) is 29.8 Å². The normalized spacial score (nSPS) is 12.9. The summed E-state index contributed by atoms with van der Waals surface area (Å²) < 4.78 is 0. The van der Waals surface area contributed by atoms with E-state index in [-0.39, 0.29) is 0 Å². The molecule has 0 aliphatic heterocycles. The van der Waals surface area contributed by atoms with Crippen LogP contribution in [0.15, 0.2) is 24.3 Å². The highest BCUT2D eigenvalue weighted by Gasteiger charge is 2.05. The number of rotatable bonds is 4. The summed E-state index contributed by atoms with van der Waals surface area (Å²) in [6, 6.07) is 8.95. The Bertz CT molecular complexity index is 290. The molecule has 0 aliphatic rings. The molecule has 1 aromatic rings. The van der Waals surface area contributed by atoms with Gasteiger partial charge in [-0.3, -0.25) is 5.01 Å². The molecule has 1 rings (SSSR count). The van der Waals surface area contributed by atoms with Gasteiger partial charge >= 0.3 is 0 Å². The van der Waals surface area contributed by atoms with E-state index >= 15 is 0 Å². The zero-order chi connectivity index (χ0) is 11.4. The SMILES string of the molecule is CC(NN(C)C)c1ccc(N(C)C)cc1. The van der Waals surface area contributed by atoms with Gasteiger partial charge in [-0.1, -0.05) is 12.1 Å². The van der Waals surface area contributed by atoms with Gasteiger partial charge in [0.1, 0.15) is 0 Å². The molecule has 0 aromatic heterocycles. The van der Waals surface area contributed by atoms with Crippen molar-refractivity contribution in [3.8, 4) is 0 Å². The first-order valence-electron chi connectivity index (χ1n) is 5.21. The van der Waals surface area contributed by atoms with Crippen LogP contribution in [-0.2, 0) is 0 Å². The largest absolute Gasteiger partial charge is 0.378 e. The monoisotopic (exact) mass is 207 g/mol. The number of anilines is 1. The van der Waals surface area contributed by atoms with Crippen LogP contribution < -0.4 is 10.3 Å². The average Bonchev–Trinajstić information content (AvgIpc) is 2.17. The Morgan fingerprint density at radius 1 is 1.00 bits per heavy atom. The molecular weight excluding hydrogens is 186 g/mol. The summed E-state index contributed by atoms with van der Waals surface area (Å²) in [5.74, 6) is 0. The van der Waals surface area contributed by atoms with Crippen molar-refractivity contribution in [3.63, 3.8) is 0 Å². The molecule has 1 N–H and O–H groups in total. The van der Waals surface area contributed by atoms with Crippen molar-refractivity contribution in [2.24, 2.45) is 0 Å². The Labute approximate surface area is 92.7 Å². The van der Waals surface area contributed by atoms with Crippen LogP contribution >= 0.6 is 0 Å². The fraction of sp³-hybridized carbons (Fsp3) is 0.500. The van der Waals surface area contributed by atoms with E-state index in [1.807, 2.05) is 19.1 Å². The van der Waals surface area contributed by atoms with Crippen LogP contribution in [0.4, 0.5) is 5.69 Å². The Kier molecular flexibility index (Phi) is 4.12. The minimum absolute atomic E-state index is 0.344. The third kappa shape index (κ3) is 3.53. The van der Waals surface area contributed by atoms with Crippen molar-refractivity contribution in [1.82, 2.24) is 10.4 Å². The topological polar surface area (TPSA) is 18.5 Å². The maximum Gasteiger partial charge on any atom is 0.0436 e.